The number of nitrogens with one attached hydrogen (secondary N) is 1. The lowest BCUT2D eigenvalue weighted by Crippen LogP contribution is -2.38. The van der Waals surface area contributed by atoms with Crippen LogP contribution in [0.3, 0.4) is 0 Å². The molecule has 7 aromatic heterocycles. The molecule has 133 heavy (non-hydrogen) atoms. The van der Waals surface area contributed by atoms with Crippen molar-refractivity contribution in [1.29, 1.82) is 0 Å². The molecule has 13 rings (SSSR count). The van der Waals surface area contributed by atoms with Gasteiger partial charge in [-0.05, 0) is 284 Å². The zero-order valence-electron chi connectivity index (χ0n) is 86.5. The summed E-state index contributed by atoms with van der Waals surface area (Å²) in [7, 11) is 0. The van der Waals surface area contributed by atoms with Crippen LogP contribution in [0.2, 0.25) is 0 Å². The number of carbonyl (C=O) groups is 5. The Morgan fingerprint density at radius 2 is 0.647 bits per heavy atom. The quantitative estimate of drug-likeness (QED) is 0.0384. The molecule has 13 heterocycles. The van der Waals surface area contributed by atoms with Gasteiger partial charge in [-0.1, -0.05) is 164 Å². The highest BCUT2D eigenvalue weighted by Gasteiger charge is 2.31. The Kier molecular flexibility index (Phi) is 45.6. The van der Waals surface area contributed by atoms with Gasteiger partial charge in [0.15, 0.2) is 29.1 Å². The molecular weight excluding hydrogens is 1650 g/mol. The molecule has 6 fully saturated rings. The minimum Gasteiger partial charge on any atom is -0.357 e. The fourth-order valence-electron chi connectivity index (χ4n) is 18.4. The number of anilines is 6. The molecular formula is C110H172N18O5. The molecule has 6 saturated heterocycles. The molecule has 0 atom stereocenters. The first kappa shape index (κ1) is 109. The number of ketones is 4. The standard InChI is InChI=1S/C23H32N4O.C19H30N2O.2C18H29N3O.C16H25N3O.C16H27N3/c1-16(2)19-6-7-21(24-15-19)22(28)9-5-18-11-13-27(14-12-18)23-10-8-20(17(3)4)25-26-23;1-14(2)11-16-7-9-21(10-8-16)19-6-5-17(13-20-19)12-18(22)15(3)4;1-13(2)16-6-8-18(20-19-16)21-11-9-15(10-12-21)5-7-17(22)14(3)4;1-13(2)11-15-7-9-21(10-8-15)17-6-5-16(12-19-17)18(22)20-14(3)4;1-11(2)14-5-6-15(18-17-14)19-9-7-13(8-10-19)16(20)12(3)4;1-12(2)11-14-7-9-19(10-8-14)16-6-5-15(13(3)4)17-18-16/h6-8,10,15-18H,5,9,11-14H2,1-4H3;5-6,13-16H,7-12H2,1-4H3;6,8,13-15H,5,7,9-12H2,1-4H3;5-6,12-15H,7-11H2,1-4H3,(H,20,22);5-6,11-13H,7-10H2,1-4H3;5-6,12-14H,7-11H2,1-4H3. The van der Waals surface area contributed by atoms with Crippen LogP contribution in [0, 0.1) is 71.0 Å². The Hall–Kier alpha value is -9.28. The van der Waals surface area contributed by atoms with Crippen LogP contribution in [0.25, 0.3) is 0 Å². The van der Waals surface area contributed by atoms with Crippen LogP contribution in [0.15, 0.2) is 104 Å². The molecule has 6 aliphatic heterocycles. The van der Waals surface area contributed by atoms with Crippen molar-refractivity contribution >= 4 is 63.9 Å². The second-order valence-corrected chi connectivity index (χ2v) is 42.9. The maximum Gasteiger partial charge on any atom is 0.253 e. The van der Waals surface area contributed by atoms with Crippen molar-refractivity contribution in [2.24, 2.45) is 71.0 Å². The first-order valence-electron chi connectivity index (χ1n) is 51.5. The SMILES string of the molecule is CC(C)C(=O)C1CCN(c2ccc(C(C)C)nn2)CC1.CC(C)C(=O)CCC1CCN(c2ccc(C(C)C)nn2)CC1.CC(C)CC1CCN(c2ccc(C(=O)NC(C)C)cn2)CC1.CC(C)CC1CCN(c2ccc(C(C)C)nn2)CC1.CC(C)CC1CCN(c2ccc(CC(=O)C(C)C)cn2)CC1.CC(C)c1ccc(C(=O)CCC2CCN(c3ccc(C(C)C)nn3)CC2)nc1. The molecule has 0 radical (unpaired) electrons. The van der Waals surface area contributed by atoms with Gasteiger partial charge in [0.1, 0.15) is 34.7 Å². The summed E-state index contributed by atoms with van der Waals surface area (Å²) in [6.07, 6.45) is 27.2. The molecule has 1 amide bonds. The van der Waals surface area contributed by atoms with E-state index in [1.54, 1.807) is 6.20 Å². The van der Waals surface area contributed by atoms with Crippen LogP contribution in [0.1, 0.15) is 373 Å². The molecule has 0 saturated carbocycles. The van der Waals surface area contributed by atoms with Crippen molar-refractivity contribution in [2.45, 2.75) is 330 Å². The average molecular weight is 1830 g/mol. The molecule has 7 aromatic rings. The first-order chi connectivity index (χ1) is 63.4. The summed E-state index contributed by atoms with van der Waals surface area (Å²) < 4.78 is 0. The number of carbonyl (C=O) groups excluding carboxylic acids is 5. The maximum absolute atomic E-state index is 12.4. The zero-order valence-corrected chi connectivity index (χ0v) is 86.5. The highest BCUT2D eigenvalue weighted by atomic mass is 16.2. The minimum absolute atomic E-state index is 0.0512. The molecule has 23 heteroatoms. The molecule has 0 bridgehead atoms. The van der Waals surface area contributed by atoms with Crippen molar-refractivity contribution in [3.8, 4) is 0 Å². The molecule has 23 nitrogen and oxygen atoms in total. The van der Waals surface area contributed by atoms with Crippen molar-refractivity contribution in [2.75, 3.05) is 108 Å². The van der Waals surface area contributed by atoms with Gasteiger partial charge in [0.05, 0.1) is 28.3 Å². The lowest BCUT2D eigenvalue weighted by molar-refractivity contribution is -0.126. The van der Waals surface area contributed by atoms with E-state index in [0.29, 0.717) is 77.1 Å². The van der Waals surface area contributed by atoms with E-state index in [1.165, 1.54) is 63.4 Å². The van der Waals surface area contributed by atoms with Crippen LogP contribution in [0.4, 0.5) is 34.9 Å². The Labute approximate surface area is 802 Å². The van der Waals surface area contributed by atoms with Crippen molar-refractivity contribution in [3.05, 3.63) is 149 Å². The lowest BCUT2D eigenvalue weighted by Gasteiger charge is -2.33. The third-order valence-electron chi connectivity index (χ3n) is 27.2. The lowest BCUT2D eigenvalue weighted by atomic mass is 9.87. The number of rotatable bonds is 32. The van der Waals surface area contributed by atoms with Crippen LogP contribution in [0.5, 0.6) is 0 Å². The number of Topliss-reactive ketones (excluding diaryl/α,β-unsaturated/α-hetero) is 4. The second-order valence-electron chi connectivity index (χ2n) is 42.9. The number of amides is 1. The van der Waals surface area contributed by atoms with Gasteiger partial charge < -0.3 is 34.7 Å². The van der Waals surface area contributed by atoms with Gasteiger partial charge in [-0.3, -0.25) is 29.0 Å². The highest BCUT2D eigenvalue weighted by Crippen LogP contribution is 2.34. The fourth-order valence-corrected chi connectivity index (χ4v) is 18.4. The zero-order chi connectivity index (χ0) is 97.0. The normalized spacial score (nSPS) is 16.5. The van der Waals surface area contributed by atoms with Crippen molar-refractivity contribution < 1.29 is 24.0 Å². The molecule has 6 aliphatic rings. The Balaban J connectivity index is 0.000000197. The third kappa shape index (κ3) is 37.4. The number of piperidine rings is 6. The van der Waals surface area contributed by atoms with Crippen LogP contribution < -0.4 is 34.7 Å². The highest BCUT2D eigenvalue weighted by molar-refractivity contribution is 5.94. The summed E-state index contributed by atoms with van der Waals surface area (Å²) in [6.45, 7) is 63.4. The van der Waals surface area contributed by atoms with Gasteiger partial charge in [-0.2, -0.15) is 20.4 Å². The predicted octanol–water partition coefficient (Wildman–Crippen LogP) is 23.3. The number of pyridine rings is 3. The smallest absolute Gasteiger partial charge is 0.253 e. The summed E-state index contributed by atoms with van der Waals surface area (Å²) >= 11 is 0. The predicted molar refractivity (Wildman–Crippen MR) is 548 cm³/mol. The molecule has 0 unspecified atom stereocenters. The Morgan fingerprint density at radius 3 is 0.925 bits per heavy atom. The second kappa shape index (κ2) is 55.7. The van der Waals surface area contributed by atoms with Gasteiger partial charge in [-0.25, -0.2) is 9.97 Å². The minimum atomic E-state index is -0.0512. The van der Waals surface area contributed by atoms with E-state index in [-0.39, 0.29) is 47.2 Å². The Morgan fingerprint density at radius 1 is 0.316 bits per heavy atom. The molecule has 1 N–H and O–H groups in total. The van der Waals surface area contributed by atoms with E-state index in [1.807, 2.05) is 98.1 Å². The van der Waals surface area contributed by atoms with Gasteiger partial charge in [0.2, 0.25) is 0 Å². The summed E-state index contributed by atoms with van der Waals surface area (Å²) in [5, 5.41) is 37.6. The summed E-state index contributed by atoms with van der Waals surface area (Å²) in [5.41, 5.74) is 7.62. The maximum atomic E-state index is 12.4. The van der Waals surface area contributed by atoms with E-state index >= 15 is 0 Å². The topological polar surface area (TPSA) is 259 Å². The van der Waals surface area contributed by atoms with Crippen molar-refractivity contribution in [3.63, 3.8) is 0 Å². The van der Waals surface area contributed by atoms with Crippen LogP contribution in [-0.4, -0.2) is 169 Å². The van der Waals surface area contributed by atoms with E-state index in [0.717, 1.165) is 235 Å². The summed E-state index contributed by atoms with van der Waals surface area (Å²) in [4.78, 5) is 87.3. The average Bonchev–Trinajstić information content (AvgIpc) is 0.863. The largest absolute Gasteiger partial charge is 0.357 e. The van der Waals surface area contributed by atoms with Crippen LogP contribution in [-0.2, 0) is 20.8 Å². The third-order valence-corrected chi connectivity index (χ3v) is 27.2. The van der Waals surface area contributed by atoms with E-state index in [2.05, 4.69) is 256 Å². The fraction of sp³-hybridized carbons (Fsp3) is 0.673. The first-order valence-corrected chi connectivity index (χ1v) is 51.5. The van der Waals surface area contributed by atoms with Gasteiger partial charge in [0, 0.05) is 146 Å². The van der Waals surface area contributed by atoms with Gasteiger partial charge in [-0.15, -0.1) is 20.4 Å². The number of hydrogen-bond donors (Lipinski definition) is 1. The number of nitrogens with zero attached hydrogens (tertiary/aromatic N) is 17. The van der Waals surface area contributed by atoms with E-state index in [9.17, 15) is 24.0 Å². The van der Waals surface area contributed by atoms with E-state index < -0.39 is 0 Å². The molecule has 0 aliphatic carbocycles. The van der Waals surface area contributed by atoms with Gasteiger partial charge >= 0.3 is 0 Å². The molecule has 0 spiro atoms. The monoisotopic (exact) mass is 1830 g/mol. The summed E-state index contributed by atoms with van der Waals surface area (Å²) in [5.74, 6) is 16.3. The molecule has 732 valence electrons. The molecule has 0 aromatic carbocycles. The van der Waals surface area contributed by atoms with Crippen LogP contribution >= 0.6 is 0 Å². The van der Waals surface area contributed by atoms with Crippen molar-refractivity contribution in [1.82, 2.24) is 61.1 Å². The number of hydrogen-bond acceptors (Lipinski definition) is 22. The summed E-state index contributed by atoms with van der Waals surface area (Å²) in [6, 6.07) is 28.7. The van der Waals surface area contributed by atoms with Gasteiger partial charge in [0.25, 0.3) is 5.91 Å². The Bertz CT molecular complexity index is 4470. The number of aromatic nitrogens is 11. The van der Waals surface area contributed by atoms with E-state index in [4.69, 9.17) is 0 Å².